The molecular weight excluding hydrogens is 180 g/mol. The van der Waals surface area contributed by atoms with Crippen molar-refractivity contribution in [2.75, 3.05) is 0 Å². The maximum Gasteiger partial charge on any atom is 0.00654 e. The molecule has 0 unspecified atom stereocenters. The van der Waals surface area contributed by atoms with Gasteiger partial charge < -0.3 is 0 Å². The fourth-order valence-electron chi connectivity index (χ4n) is 3.27. The summed E-state index contributed by atoms with van der Waals surface area (Å²) in [5, 5.41) is 0. The van der Waals surface area contributed by atoms with Gasteiger partial charge >= 0.3 is 0 Å². The zero-order valence-corrected chi connectivity index (χ0v) is 10.6. The molecule has 0 heterocycles. The van der Waals surface area contributed by atoms with Crippen molar-refractivity contribution in [2.24, 2.45) is 17.3 Å². The molecule has 0 aromatic carbocycles. The summed E-state index contributed by atoms with van der Waals surface area (Å²) in [6.45, 7) is 9.52. The Hall–Kier alpha value is -0.520. The summed E-state index contributed by atoms with van der Waals surface area (Å²) < 4.78 is 0. The highest BCUT2D eigenvalue weighted by Crippen LogP contribution is 2.49. The zero-order valence-electron chi connectivity index (χ0n) is 10.6. The first kappa shape index (κ1) is 11.0. The maximum absolute atomic E-state index is 2.46. The van der Waals surface area contributed by atoms with Crippen LogP contribution in [0.4, 0.5) is 0 Å². The number of fused-ring (bicyclic) bond motifs is 1. The Morgan fingerprint density at radius 3 is 2.80 bits per heavy atom. The molecule has 0 amide bonds. The van der Waals surface area contributed by atoms with Gasteiger partial charge in [0.2, 0.25) is 0 Å². The number of allylic oxidation sites excluding steroid dienone is 4. The van der Waals surface area contributed by atoms with Gasteiger partial charge in [0.05, 0.1) is 0 Å². The van der Waals surface area contributed by atoms with Gasteiger partial charge in [0, 0.05) is 5.41 Å². The van der Waals surface area contributed by atoms with Crippen molar-refractivity contribution in [3.8, 4) is 0 Å². The highest BCUT2D eigenvalue weighted by atomic mass is 14.4. The van der Waals surface area contributed by atoms with Gasteiger partial charge in [0.15, 0.2) is 0 Å². The zero-order chi connectivity index (χ0) is 11.1. The molecule has 0 spiro atoms. The van der Waals surface area contributed by atoms with Crippen LogP contribution >= 0.6 is 0 Å². The van der Waals surface area contributed by atoms with Crippen molar-refractivity contribution in [3.05, 3.63) is 23.3 Å². The lowest BCUT2D eigenvalue weighted by molar-refractivity contribution is 0.244. The van der Waals surface area contributed by atoms with Gasteiger partial charge in [-0.25, -0.2) is 0 Å². The average molecular weight is 204 g/mol. The largest absolute Gasteiger partial charge is 0.0836 e. The molecule has 15 heavy (non-hydrogen) atoms. The molecular formula is C15H24. The topological polar surface area (TPSA) is 0 Å². The molecule has 2 atom stereocenters. The molecule has 2 aliphatic carbocycles. The fourth-order valence-corrected chi connectivity index (χ4v) is 3.27. The van der Waals surface area contributed by atoms with Crippen molar-refractivity contribution in [3.63, 3.8) is 0 Å². The van der Waals surface area contributed by atoms with E-state index in [1.165, 1.54) is 25.7 Å². The van der Waals surface area contributed by atoms with E-state index in [0.29, 0.717) is 5.41 Å². The third-order valence-electron chi connectivity index (χ3n) is 4.56. The molecule has 2 aliphatic rings. The predicted octanol–water partition coefficient (Wildman–Crippen LogP) is 4.73. The van der Waals surface area contributed by atoms with E-state index in [1.807, 2.05) is 0 Å². The fraction of sp³-hybridized carbons (Fsp3) is 0.733. The summed E-state index contributed by atoms with van der Waals surface area (Å²) in [5.41, 5.74) is 3.81. The Morgan fingerprint density at radius 2 is 2.13 bits per heavy atom. The minimum atomic E-state index is 0.410. The van der Waals surface area contributed by atoms with Crippen molar-refractivity contribution in [1.82, 2.24) is 0 Å². The molecule has 0 N–H and O–H groups in total. The van der Waals surface area contributed by atoms with Crippen LogP contribution in [-0.2, 0) is 0 Å². The lowest BCUT2D eigenvalue weighted by Crippen LogP contribution is -2.30. The van der Waals surface area contributed by atoms with Crippen LogP contribution in [0.15, 0.2) is 23.3 Å². The van der Waals surface area contributed by atoms with Crippen molar-refractivity contribution >= 4 is 0 Å². The van der Waals surface area contributed by atoms with Gasteiger partial charge in [-0.15, -0.1) is 0 Å². The SMILES string of the molecule is CC1=C2C[C@@H](C(C)C)CC[C@@]2(C)C=CC1. The Bertz CT molecular complexity index is 306. The summed E-state index contributed by atoms with van der Waals surface area (Å²) >= 11 is 0. The minimum Gasteiger partial charge on any atom is -0.0836 e. The molecule has 0 aromatic heterocycles. The summed E-state index contributed by atoms with van der Waals surface area (Å²) in [6.07, 6.45) is 10.1. The van der Waals surface area contributed by atoms with E-state index in [9.17, 15) is 0 Å². The molecule has 0 aromatic rings. The van der Waals surface area contributed by atoms with E-state index in [-0.39, 0.29) is 0 Å². The predicted molar refractivity (Wildman–Crippen MR) is 66.7 cm³/mol. The van der Waals surface area contributed by atoms with Gasteiger partial charge in [0.1, 0.15) is 0 Å². The highest BCUT2D eigenvalue weighted by molar-refractivity contribution is 5.33. The van der Waals surface area contributed by atoms with E-state index < -0.39 is 0 Å². The van der Waals surface area contributed by atoms with Crippen LogP contribution in [0.3, 0.4) is 0 Å². The normalized spacial score (nSPS) is 35.9. The second kappa shape index (κ2) is 3.81. The highest BCUT2D eigenvalue weighted by Gasteiger charge is 2.36. The Kier molecular flexibility index (Phi) is 2.79. The molecule has 84 valence electrons. The molecule has 0 heteroatoms. The smallest absolute Gasteiger partial charge is 0.00654 e. The van der Waals surface area contributed by atoms with Crippen molar-refractivity contribution in [1.29, 1.82) is 0 Å². The van der Waals surface area contributed by atoms with Gasteiger partial charge in [-0.05, 0) is 44.4 Å². The lowest BCUT2D eigenvalue weighted by atomic mass is 9.63. The second-order valence-corrected chi connectivity index (χ2v) is 6.03. The quantitative estimate of drug-likeness (QED) is 0.542. The second-order valence-electron chi connectivity index (χ2n) is 6.03. The number of hydrogen-bond donors (Lipinski definition) is 0. The van der Waals surface area contributed by atoms with Crippen molar-refractivity contribution in [2.45, 2.75) is 53.4 Å². The summed E-state index contributed by atoms with van der Waals surface area (Å²) in [7, 11) is 0. The molecule has 1 fully saturated rings. The van der Waals surface area contributed by atoms with E-state index in [0.717, 1.165) is 11.8 Å². The third kappa shape index (κ3) is 1.91. The maximum atomic E-state index is 2.46. The Morgan fingerprint density at radius 1 is 1.40 bits per heavy atom. The van der Waals surface area contributed by atoms with E-state index in [1.54, 1.807) is 11.1 Å². The molecule has 0 radical (unpaired) electrons. The van der Waals surface area contributed by atoms with Crippen LogP contribution < -0.4 is 0 Å². The van der Waals surface area contributed by atoms with Gasteiger partial charge in [0.25, 0.3) is 0 Å². The molecule has 2 rings (SSSR count). The number of rotatable bonds is 1. The minimum absolute atomic E-state index is 0.410. The standard InChI is InChI=1S/C15H24/c1-11(2)13-7-9-15(4)8-5-6-12(3)14(15)10-13/h5,8,11,13H,6-7,9-10H2,1-4H3/t13-,15+/m0/s1. The van der Waals surface area contributed by atoms with Crippen LogP contribution in [0.1, 0.15) is 53.4 Å². The molecule has 1 saturated carbocycles. The third-order valence-corrected chi connectivity index (χ3v) is 4.56. The summed E-state index contributed by atoms with van der Waals surface area (Å²) in [4.78, 5) is 0. The molecule has 0 saturated heterocycles. The van der Waals surface area contributed by atoms with E-state index in [4.69, 9.17) is 0 Å². The summed E-state index contributed by atoms with van der Waals surface area (Å²) in [6, 6.07) is 0. The van der Waals surface area contributed by atoms with Gasteiger partial charge in [-0.3, -0.25) is 0 Å². The molecule has 0 nitrogen and oxygen atoms in total. The van der Waals surface area contributed by atoms with Crippen LogP contribution in [0, 0.1) is 17.3 Å². The van der Waals surface area contributed by atoms with E-state index in [2.05, 4.69) is 39.8 Å². The first-order valence-electron chi connectivity index (χ1n) is 6.40. The Labute approximate surface area is 94.5 Å². The van der Waals surface area contributed by atoms with Crippen molar-refractivity contribution < 1.29 is 0 Å². The lowest BCUT2D eigenvalue weighted by Gasteiger charge is -2.42. The number of hydrogen-bond acceptors (Lipinski definition) is 0. The van der Waals surface area contributed by atoms with Gasteiger partial charge in [-0.1, -0.05) is 44.1 Å². The average Bonchev–Trinajstić information content (AvgIpc) is 2.17. The first-order valence-corrected chi connectivity index (χ1v) is 6.40. The van der Waals surface area contributed by atoms with Gasteiger partial charge in [-0.2, -0.15) is 0 Å². The van der Waals surface area contributed by atoms with E-state index >= 15 is 0 Å². The Balaban J connectivity index is 2.24. The monoisotopic (exact) mass is 204 g/mol. The van der Waals surface area contributed by atoms with Crippen LogP contribution in [0.5, 0.6) is 0 Å². The first-order chi connectivity index (χ1) is 7.03. The van der Waals surface area contributed by atoms with Crippen LogP contribution in [-0.4, -0.2) is 0 Å². The molecule has 0 aliphatic heterocycles. The van der Waals surface area contributed by atoms with Crippen LogP contribution in [0.25, 0.3) is 0 Å². The van der Waals surface area contributed by atoms with Crippen LogP contribution in [0.2, 0.25) is 0 Å². The molecule has 0 bridgehead atoms. The summed E-state index contributed by atoms with van der Waals surface area (Å²) in [5.74, 6) is 1.77.